The van der Waals surface area contributed by atoms with Gasteiger partial charge in [-0.25, -0.2) is 4.98 Å². The molecule has 31 heavy (non-hydrogen) atoms. The van der Waals surface area contributed by atoms with Crippen LogP contribution in [0.5, 0.6) is 11.5 Å². The van der Waals surface area contributed by atoms with Gasteiger partial charge in [0.2, 0.25) is 12.6 Å². The number of benzene rings is 1. The highest BCUT2D eigenvalue weighted by Crippen LogP contribution is 2.44. The predicted octanol–water partition coefficient (Wildman–Crippen LogP) is 4.92. The van der Waals surface area contributed by atoms with E-state index in [0.717, 1.165) is 17.4 Å². The minimum atomic E-state index is -4.69. The van der Waals surface area contributed by atoms with Gasteiger partial charge >= 0.3 is 6.18 Å². The van der Waals surface area contributed by atoms with Gasteiger partial charge in [0, 0.05) is 28.9 Å². The molecule has 0 atom stereocenters. The first kappa shape index (κ1) is 19.3. The van der Waals surface area contributed by atoms with Gasteiger partial charge in [0.05, 0.1) is 16.9 Å². The summed E-state index contributed by atoms with van der Waals surface area (Å²) in [6.07, 6.45) is -1.76. The molecule has 1 aliphatic rings. The van der Waals surface area contributed by atoms with Crippen molar-refractivity contribution in [3.05, 3.63) is 64.8 Å². The van der Waals surface area contributed by atoms with E-state index < -0.39 is 17.5 Å². The lowest BCUT2D eigenvalue weighted by atomic mass is 10.0. The lowest BCUT2D eigenvalue weighted by Gasteiger charge is -2.11. The van der Waals surface area contributed by atoms with Gasteiger partial charge in [0.15, 0.2) is 11.5 Å². The molecule has 0 fully saturated rings. The van der Waals surface area contributed by atoms with E-state index in [1.807, 2.05) is 0 Å². The standard InChI is InChI=1S/C21H12F3N3O3S/c22-21(23,24)12-7-13(11-2-1-5-26-8-11)27-20-16(12)17(25)19(31-20)18(28)10-3-4-14-15(6-10)30-9-29-14/h1-8H,9,25H2. The Morgan fingerprint density at radius 2 is 1.94 bits per heavy atom. The van der Waals surface area contributed by atoms with Crippen LogP contribution >= 0.6 is 11.3 Å². The lowest BCUT2D eigenvalue weighted by molar-refractivity contribution is -0.136. The molecule has 0 radical (unpaired) electrons. The summed E-state index contributed by atoms with van der Waals surface area (Å²) in [6, 6.07) is 8.70. The largest absolute Gasteiger partial charge is 0.454 e. The highest BCUT2D eigenvalue weighted by Gasteiger charge is 2.36. The first-order valence-electron chi connectivity index (χ1n) is 8.98. The number of alkyl halides is 3. The van der Waals surface area contributed by atoms with E-state index in [4.69, 9.17) is 15.2 Å². The Morgan fingerprint density at radius 3 is 2.68 bits per heavy atom. The van der Waals surface area contributed by atoms with E-state index in [0.29, 0.717) is 17.1 Å². The van der Waals surface area contributed by atoms with Gasteiger partial charge in [-0.2, -0.15) is 13.2 Å². The maximum atomic E-state index is 13.9. The third-order valence-corrected chi connectivity index (χ3v) is 5.90. The number of thiophene rings is 1. The van der Waals surface area contributed by atoms with Crippen molar-refractivity contribution in [2.45, 2.75) is 6.18 Å². The molecule has 0 amide bonds. The summed E-state index contributed by atoms with van der Waals surface area (Å²) < 4.78 is 52.1. The van der Waals surface area contributed by atoms with Gasteiger partial charge in [0.1, 0.15) is 9.71 Å². The second-order valence-electron chi connectivity index (χ2n) is 6.72. The Morgan fingerprint density at radius 1 is 1.13 bits per heavy atom. The molecule has 0 saturated heterocycles. The fourth-order valence-corrected chi connectivity index (χ4v) is 4.43. The average molecular weight is 443 g/mol. The smallest absolute Gasteiger partial charge is 0.417 e. The number of rotatable bonds is 3. The van der Waals surface area contributed by atoms with Crippen LogP contribution in [0.15, 0.2) is 48.8 Å². The van der Waals surface area contributed by atoms with Gasteiger partial charge in [-0.15, -0.1) is 11.3 Å². The predicted molar refractivity (Wildman–Crippen MR) is 108 cm³/mol. The maximum Gasteiger partial charge on any atom is 0.417 e. The van der Waals surface area contributed by atoms with Crippen LogP contribution in [0.3, 0.4) is 0 Å². The molecule has 0 spiro atoms. The minimum absolute atomic E-state index is 0.0183. The number of aromatic nitrogens is 2. The number of nitrogens with zero attached hydrogens (tertiary/aromatic N) is 2. The number of ketones is 1. The fraction of sp³-hybridized carbons (Fsp3) is 0.0952. The summed E-state index contributed by atoms with van der Waals surface area (Å²) in [5.74, 6) is 0.358. The quantitative estimate of drug-likeness (QED) is 0.453. The summed E-state index contributed by atoms with van der Waals surface area (Å²) in [4.78, 5) is 21.3. The van der Waals surface area contributed by atoms with Crippen LogP contribution in [0.25, 0.3) is 21.5 Å². The van der Waals surface area contributed by atoms with Crippen molar-refractivity contribution < 1.29 is 27.4 Å². The molecule has 0 bridgehead atoms. The van der Waals surface area contributed by atoms with Crippen molar-refractivity contribution >= 4 is 33.0 Å². The van der Waals surface area contributed by atoms with E-state index in [1.54, 1.807) is 18.2 Å². The molecule has 5 rings (SSSR count). The first-order chi connectivity index (χ1) is 14.8. The Bertz CT molecular complexity index is 1340. The zero-order chi connectivity index (χ0) is 21.8. The third-order valence-electron chi connectivity index (χ3n) is 4.80. The molecule has 1 aliphatic heterocycles. The summed E-state index contributed by atoms with van der Waals surface area (Å²) in [6.45, 7) is 0.0357. The number of nitrogens with two attached hydrogens (primary N) is 1. The zero-order valence-electron chi connectivity index (χ0n) is 15.6. The third kappa shape index (κ3) is 3.25. The van der Waals surface area contributed by atoms with E-state index >= 15 is 0 Å². The molecule has 10 heteroatoms. The van der Waals surface area contributed by atoms with E-state index in [2.05, 4.69) is 9.97 Å². The molecule has 156 valence electrons. The van der Waals surface area contributed by atoms with Gasteiger partial charge in [-0.3, -0.25) is 9.78 Å². The molecular weight excluding hydrogens is 431 g/mol. The normalized spacial score (nSPS) is 13.0. The number of fused-ring (bicyclic) bond motifs is 2. The Balaban J connectivity index is 1.68. The van der Waals surface area contributed by atoms with E-state index in [9.17, 15) is 18.0 Å². The highest BCUT2D eigenvalue weighted by molar-refractivity contribution is 7.21. The molecule has 2 N–H and O–H groups in total. The lowest BCUT2D eigenvalue weighted by Crippen LogP contribution is -2.08. The van der Waals surface area contributed by atoms with Crippen molar-refractivity contribution in [2.24, 2.45) is 0 Å². The molecule has 0 aliphatic carbocycles. The SMILES string of the molecule is Nc1c(C(=O)c2ccc3c(c2)OCO3)sc2nc(-c3cccnc3)cc(C(F)(F)F)c12. The fourth-order valence-electron chi connectivity index (χ4n) is 3.34. The number of nitrogen functional groups attached to an aromatic ring is 1. The maximum absolute atomic E-state index is 13.9. The summed E-state index contributed by atoms with van der Waals surface area (Å²) in [7, 11) is 0. The van der Waals surface area contributed by atoms with Crippen molar-refractivity contribution in [3.8, 4) is 22.8 Å². The summed E-state index contributed by atoms with van der Waals surface area (Å²) >= 11 is 0.821. The number of carbonyl (C=O) groups is 1. The molecule has 0 unspecified atom stereocenters. The topological polar surface area (TPSA) is 87.3 Å². The number of anilines is 1. The Labute approximate surface area is 177 Å². The molecule has 3 aromatic heterocycles. The van der Waals surface area contributed by atoms with Crippen LogP contribution in [0, 0.1) is 0 Å². The Hall–Kier alpha value is -3.66. The van der Waals surface area contributed by atoms with Crippen LogP contribution < -0.4 is 15.2 Å². The number of carbonyl (C=O) groups excluding carboxylic acids is 1. The monoisotopic (exact) mass is 443 g/mol. The first-order valence-corrected chi connectivity index (χ1v) is 9.79. The summed E-state index contributed by atoms with van der Waals surface area (Å²) in [5.41, 5.74) is 5.60. The average Bonchev–Trinajstić information content (AvgIpc) is 3.36. The van der Waals surface area contributed by atoms with Crippen molar-refractivity contribution in [2.75, 3.05) is 12.5 Å². The van der Waals surface area contributed by atoms with Gasteiger partial charge in [-0.05, 0) is 36.4 Å². The van der Waals surface area contributed by atoms with Crippen LogP contribution in [0.1, 0.15) is 20.8 Å². The van der Waals surface area contributed by atoms with Crippen molar-refractivity contribution in [1.29, 1.82) is 0 Å². The number of hydrogen-bond acceptors (Lipinski definition) is 7. The molecular formula is C21H12F3N3O3S. The van der Waals surface area contributed by atoms with Gasteiger partial charge in [0.25, 0.3) is 0 Å². The molecule has 1 aromatic carbocycles. The zero-order valence-corrected chi connectivity index (χ0v) is 16.4. The molecule has 0 saturated carbocycles. The second-order valence-corrected chi connectivity index (χ2v) is 7.72. The number of halogens is 3. The van der Waals surface area contributed by atoms with Gasteiger partial charge < -0.3 is 15.2 Å². The highest BCUT2D eigenvalue weighted by atomic mass is 32.1. The van der Waals surface area contributed by atoms with E-state index in [-0.39, 0.29) is 38.8 Å². The van der Waals surface area contributed by atoms with Crippen LogP contribution in [0.4, 0.5) is 18.9 Å². The molecule has 4 heterocycles. The number of pyridine rings is 2. The van der Waals surface area contributed by atoms with Crippen LogP contribution in [-0.2, 0) is 6.18 Å². The second kappa shape index (κ2) is 6.95. The van der Waals surface area contributed by atoms with Gasteiger partial charge in [-0.1, -0.05) is 0 Å². The van der Waals surface area contributed by atoms with Crippen molar-refractivity contribution in [1.82, 2.24) is 9.97 Å². The summed E-state index contributed by atoms with van der Waals surface area (Å²) in [5, 5.41) is -0.283. The van der Waals surface area contributed by atoms with E-state index in [1.165, 1.54) is 24.5 Å². The van der Waals surface area contributed by atoms with Crippen LogP contribution in [0.2, 0.25) is 0 Å². The molecule has 6 nitrogen and oxygen atoms in total. The number of hydrogen-bond donors (Lipinski definition) is 1. The molecule has 4 aromatic rings. The number of ether oxygens (including phenoxy) is 2. The Kier molecular flexibility index (Phi) is 4.33. The van der Waals surface area contributed by atoms with Crippen molar-refractivity contribution in [3.63, 3.8) is 0 Å². The van der Waals surface area contributed by atoms with Crippen LogP contribution in [-0.4, -0.2) is 22.5 Å². The minimum Gasteiger partial charge on any atom is -0.454 e.